The molecule has 0 N–H and O–H groups in total. The zero-order valence-electron chi connectivity index (χ0n) is 17.1. The standard InChI is InChI=1S/C23H23N5O2/c1-17-14-22(18(2)13-21(17)25-16-27-9-11-29-12-10-27)30-23-7-8-28(26-23)20-5-3-19(15-24)4-6-20/h3-8,13-14,16H,9-12H2,1-2H3. The van der Waals surface area contributed by atoms with Crippen molar-refractivity contribution in [2.24, 2.45) is 4.99 Å². The van der Waals surface area contributed by atoms with Gasteiger partial charge >= 0.3 is 0 Å². The van der Waals surface area contributed by atoms with E-state index in [-0.39, 0.29) is 0 Å². The summed E-state index contributed by atoms with van der Waals surface area (Å²) >= 11 is 0. The molecule has 0 bridgehead atoms. The SMILES string of the molecule is Cc1cc(Oc2ccn(-c3ccc(C#N)cc3)n2)c(C)cc1N=CN1CCOCC1. The number of rotatable bonds is 5. The number of morpholine rings is 1. The number of benzene rings is 2. The molecule has 2 heterocycles. The number of aliphatic imine (C=N–C) groups is 1. The lowest BCUT2D eigenvalue weighted by atomic mass is 10.1. The number of ether oxygens (including phenoxy) is 2. The molecule has 3 aromatic rings. The van der Waals surface area contributed by atoms with Crippen LogP contribution >= 0.6 is 0 Å². The summed E-state index contributed by atoms with van der Waals surface area (Å²) in [5, 5.41) is 13.4. The maximum Gasteiger partial charge on any atom is 0.238 e. The Morgan fingerprint density at radius 3 is 2.60 bits per heavy atom. The first-order valence-corrected chi connectivity index (χ1v) is 9.84. The van der Waals surface area contributed by atoms with Crippen molar-refractivity contribution >= 4 is 12.0 Å². The van der Waals surface area contributed by atoms with Gasteiger partial charge in [0.25, 0.3) is 0 Å². The van der Waals surface area contributed by atoms with Crippen LogP contribution in [0.3, 0.4) is 0 Å². The summed E-state index contributed by atoms with van der Waals surface area (Å²) in [5.74, 6) is 1.26. The first-order valence-electron chi connectivity index (χ1n) is 9.84. The Labute approximate surface area is 175 Å². The van der Waals surface area contributed by atoms with E-state index in [1.807, 2.05) is 56.7 Å². The van der Waals surface area contributed by atoms with Crippen molar-refractivity contribution in [1.82, 2.24) is 14.7 Å². The third-order valence-corrected chi connectivity index (χ3v) is 4.94. The molecule has 7 nitrogen and oxygen atoms in total. The molecule has 1 aliphatic heterocycles. The van der Waals surface area contributed by atoms with E-state index in [1.54, 1.807) is 16.8 Å². The minimum absolute atomic E-state index is 0.506. The quantitative estimate of drug-likeness (QED) is 0.474. The van der Waals surface area contributed by atoms with Gasteiger partial charge in [0.05, 0.1) is 42.6 Å². The Morgan fingerprint density at radius 2 is 1.87 bits per heavy atom. The third-order valence-electron chi connectivity index (χ3n) is 4.94. The van der Waals surface area contributed by atoms with Gasteiger partial charge in [-0.2, -0.15) is 5.26 Å². The second-order valence-corrected chi connectivity index (χ2v) is 7.16. The fraction of sp³-hybridized carbons (Fsp3) is 0.261. The third kappa shape index (κ3) is 4.50. The minimum atomic E-state index is 0.506. The number of nitriles is 1. The topological polar surface area (TPSA) is 75.7 Å². The molecule has 0 atom stereocenters. The highest BCUT2D eigenvalue weighted by Gasteiger charge is 2.10. The van der Waals surface area contributed by atoms with Crippen molar-refractivity contribution in [2.75, 3.05) is 26.3 Å². The maximum absolute atomic E-state index is 8.93. The smallest absolute Gasteiger partial charge is 0.238 e. The normalized spacial score (nSPS) is 14.1. The molecule has 1 fully saturated rings. The van der Waals surface area contributed by atoms with Crippen LogP contribution in [-0.2, 0) is 4.74 Å². The molecule has 0 aliphatic carbocycles. The predicted molar refractivity (Wildman–Crippen MR) is 115 cm³/mol. The fourth-order valence-corrected chi connectivity index (χ4v) is 3.17. The molecule has 30 heavy (non-hydrogen) atoms. The van der Waals surface area contributed by atoms with Crippen molar-refractivity contribution in [1.29, 1.82) is 5.26 Å². The average Bonchev–Trinajstić information content (AvgIpc) is 3.24. The maximum atomic E-state index is 8.93. The van der Waals surface area contributed by atoms with E-state index in [9.17, 15) is 0 Å². The largest absolute Gasteiger partial charge is 0.437 e. The van der Waals surface area contributed by atoms with Gasteiger partial charge in [0.1, 0.15) is 5.75 Å². The van der Waals surface area contributed by atoms with Gasteiger partial charge in [-0.25, -0.2) is 9.67 Å². The molecule has 0 radical (unpaired) electrons. The monoisotopic (exact) mass is 401 g/mol. The van der Waals surface area contributed by atoms with Gasteiger partial charge in [-0.05, 0) is 61.4 Å². The molecule has 0 unspecified atom stereocenters. The highest BCUT2D eigenvalue weighted by atomic mass is 16.5. The first kappa shape index (κ1) is 19.7. The summed E-state index contributed by atoms with van der Waals surface area (Å²) in [6.45, 7) is 7.24. The van der Waals surface area contributed by atoms with Crippen molar-refractivity contribution in [3.05, 3.63) is 65.4 Å². The van der Waals surface area contributed by atoms with Gasteiger partial charge in [-0.1, -0.05) is 0 Å². The summed E-state index contributed by atoms with van der Waals surface area (Å²) < 4.78 is 13.1. The lowest BCUT2D eigenvalue weighted by molar-refractivity contribution is 0.0701. The van der Waals surface area contributed by atoms with Crippen LogP contribution in [0.2, 0.25) is 0 Å². The van der Waals surface area contributed by atoms with Gasteiger partial charge in [0.15, 0.2) is 0 Å². The lowest BCUT2D eigenvalue weighted by Gasteiger charge is -2.24. The molecule has 4 rings (SSSR count). The zero-order valence-corrected chi connectivity index (χ0v) is 17.1. The Kier molecular flexibility index (Phi) is 5.77. The molecule has 0 saturated carbocycles. The van der Waals surface area contributed by atoms with E-state index < -0.39 is 0 Å². The second kappa shape index (κ2) is 8.80. The van der Waals surface area contributed by atoms with Crippen molar-refractivity contribution in [3.8, 4) is 23.4 Å². The Bertz CT molecular complexity index is 1090. The van der Waals surface area contributed by atoms with Crippen molar-refractivity contribution < 1.29 is 9.47 Å². The number of hydrogen-bond donors (Lipinski definition) is 0. The van der Waals surface area contributed by atoms with E-state index in [0.29, 0.717) is 11.4 Å². The first-order chi connectivity index (χ1) is 14.6. The highest BCUT2D eigenvalue weighted by Crippen LogP contribution is 2.31. The molecule has 0 spiro atoms. The van der Waals surface area contributed by atoms with Gasteiger partial charge < -0.3 is 14.4 Å². The van der Waals surface area contributed by atoms with E-state index in [0.717, 1.165) is 54.6 Å². The predicted octanol–water partition coefficient (Wildman–Crippen LogP) is 4.15. The van der Waals surface area contributed by atoms with Crippen LogP contribution in [0.25, 0.3) is 5.69 Å². The zero-order chi connectivity index (χ0) is 20.9. The summed E-state index contributed by atoms with van der Waals surface area (Å²) in [7, 11) is 0. The Hall–Kier alpha value is -3.63. The second-order valence-electron chi connectivity index (χ2n) is 7.16. The Balaban J connectivity index is 1.48. The lowest BCUT2D eigenvalue weighted by Crippen LogP contribution is -2.35. The van der Waals surface area contributed by atoms with E-state index in [1.165, 1.54) is 0 Å². The summed E-state index contributed by atoms with van der Waals surface area (Å²) in [6.07, 6.45) is 3.73. The molecule has 1 saturated heterocycles. The highest BCUT2D eigenvalue weighted by molar-refractivity contribution is 5.65. The van der Waals surface area contributed by atoms with Gasteiger partial charge in [0, 0.05) is 25.4 Å². The molecule has 1 aromatic heterocycles. The number of hydrogen-bond acceptors (Lipinski definition) is 5. The van der Waals surface area contributed by atoms with Crippen LogP contribution in [0, 0.1) is 25.2 Å². The van der Waals surface area contributed by atoms with Crippen molar-refractivity contribution in [3.63, 3.8) is 0 Å². The summed E-state index contributed by atoms with van der Waals surface area (Å²) in [4.78, 5) is 6.81. The molecule has 2 aromatic carbocycles. The van der Waals surface area contributed by atoms with Gasteiger partial charge in [0.2, 0.25) is 5.88 Å². The van der Waals surface area contributed by atoms with Gasteiger partial charge in [-0.15, -0.1) is 5.10 Å². The molecule has 7 heteroatoms. The van der Waals surface area contributed by atoms with Gasteiger partial charge in [-0.3, -0.25) is 0 Å². The fourth-order valence-electron chi connectivity index (χ4n) is 3.17. The van der Waals surface area contributed by atoms with Crippen LogP contribution in [0.15, 0.2) is 53.7 Å². The Morgan fingerprint density at radius 1 is 1.10 bits per heavy atom. The van der Waals surface area contributed by atoms with Crippen LogP contribution in [0.4, 0.5) is 5.69 Å². The van der Waals surface area contributed by atoms with Crippen LogP contribution in [0.1, 0.15) is 16.7 Å². The van der Waals surface area contributed by atoms with Crippen LogP contribution in [-0.4, -0.2) is 47.3 Å². The minimum Gasteiger partial charge on any atom is -0.437 e. The molecular formula is C23H23N5O2. The summed E-state index contributed by atoms with van der Waals surface area (Å²) in [5.41, 5.74) is 4.43. The number of nitrogens with zero attached hydrogens (tertiary/aromatic N) is 5. The summed E-state index contributed by atoms with van der Waals surface area (Å²) in [6, 6.07) is 15.2. The number of aryl methyl sites for hydroxylation is 2. The van der Waals surface area contributed by atoms with Crippen molar-refractivity contribution in [2.45, 2.75) is 13.8 Å². The molecule has 152 valence electrons. The van der Waals surface area contributed by atoms with E-state index in [4.69, 9.17) is 14.7 Å². The molecule has 0 amide bonds. The van der Waals surface area contributed by atoms with E-state index >= 15 is 0 Å². The van der Waals surface area contributed by atoms with E-state index in [2.05, 4.69) is 21.1 Å². The van der Waals surface area contributed by atoms with Crippen LogP contribution < -0.4 is 4.74 Å². The molecular weight excluding hydrogens is 378 g/mol. The average molecular weight is 401 g/mol. The van der Waals surface area contributed by atoms with Crippen LogP contribution in [0.5, 0.6) is 11.6 Å². The molecule has 1 aliphatic rings. The number of aromatic nitrogens is 2.